The fraction of sp³-hybridized carbons (Fsp3) is 0.524. The number of ether oxygens (including phenoxy) is 1. The van der Waals surface area contributed by atoms with Crippen molar-refractivity contribution < 1.29 is 40.7 Å². The number of benzene rings is 1. The van der Waals surface area contributed by atoms with E-state index in [0.29, 0.717) is 0 Å². The molecule has 0 N–H and O–H groups in total. The number of fused-ring (bicyclic) bond motifs is 1. The Labute approximate surface area is 190 Å². The van der Waals surface area contributed by atoms with E-state index in [1.807, 2.05) is 0 Å². The summed E-state index contributed by atoms with van der Waals surface area (Å²) in [5, 5.41) is 6.62. The molecule has 1 fully saturated rings. The summed E-state index contributed by atoms with van der Waals surface area (Å²) in [5.74, 6) is -6.00. The topological polar surface area (TPSA) is 88.8 Å². The lowest BCUT2D eigenvalue weighted by atomic mass is 10.1. The molecule has 1 saturated heterocycles. The van der Waals surface area contributed by atoms with Gasteiger partial charge in [0.2, 0.25) is 5.89 Å². The van der Waals surface area contributed by atoms with Gasteiger partial charge in [-0.1, -0.05) is 0 Å². The number of alkyl halides is 4. The van der Waals surface area contributed by atoms with Crippen LogP contribution in [-0.2, 0) is 11.3 Å². The molecule has 4 rings (SSSR count). The van der Waals surface area contributed by atoms with Crippen LogP contribution in [0.25, 0.3) is 11.5 Å². The van der Waals surface area contributed by atoms with E-state index >= 15 is 0 Å². The fourth-order valence-corrected chi connectivity index (χ4v) is 3.98. The summed E-state index contributed by atoms with van der Waals surface area (Å²) >= 11 is 0. The van der Waals surface area contributed by atoms with Gasteiger partial charge in [0.25, 0.3) is 17.7 Å². The molecule has 1 atom stereocenters. The van der Waals surface area contributed by atoms with E-state index in [2.05, 4.69) is 10.2 Å². The SMILES string of the molecule is CC(C)(C)OC(=O)N1CC(F)(F)C[C@@H]1CN1Cc2c(F)cc(-c3nnc(C(F)F)o3)cc2C1=O. The molecule has 2 aliphatic rings. The first-order valence-electron chi connectivity index (χ1n) is 10.3. The number of halogens is 5. The molecule has 13 heteroatoms. The maximum Gasteiger partial charge on any atom is 0.410 e. The van der Waals surface area contributed by atoms with Gasteiger partial charge >= 0.3 is 12.5 Å². The molecule has 0 spiro atoms. The van der Waals surface area contributed by atoms with Gasteiger partial charge in [0.15, 0.2) is 0 Å². The quantitative estimate of drug-likeness (QED) is 0.593. The highest BCUT2D eigenvalue weighted by atomic mass is 19.3. The van der Waals surface area contributed by atoms with Crippen LogP contribution in [-0.4, -0.2) is 62.7 Å². The molecule has 2 amide bonds. The van der Waals surface area contributed by atoms with Crippen molar-refractivity contribution in [1.29, 1.82) is 0 Å². The third kappa shape index (κ3) is 4.68. The van der Waals surface area contributed by atoms with Gasteiger partial charge in [-0.05, 0) is 32.9 Å². The highest BCUT2D eigenvalue weighted by Crippen LogP contribution is 2.36. The van der Waals surface area contributed by atoms with Crippen molar-refractivity contribution in [3.63, 3.8) is 0 Å². The Morgan fingerprint density at radius 2 is 2.00 bits per heavy atom. The van der Waals surface area contributed by atoms with E-state index in [9.17, 15) is 31.5 Å². The van der Waals surface area contributed by atoms with E-state index in [-0.39, 0.29) is 29.8 Å². The summed E-state index contributed by atoms with van der Waals surface area (Å²) in [4.78, 5) is 27.5. The minimum Gasteiger partial charge on any atom is -0.444 e. The molecule has 0 saturated carbocycles. The van der Waals surface area contributed by atoms with Gasteiger partial charge in [0, 0.05) is 36.2 Å². The zero-order valence-corrected chi connectivity index (χ0v) is 18.4. The molecule has 2 aromatic rings. The summed E-state index contributed by atoms with van der Waals surface area (Å²) in [6, 6.07) is 1.14. The molecular formula is C21H21F5N4O4. The number of aromatic nitrogens is 2. The third-order valence-electron chi connectivity index (χ3n) is 5.37. The van der Waals surface area contributed by atoms with Gasteiger partial charge in [0.1, 0.15) is 11.4 Å². The van der Waals surface area contributed by atoms with E-state index in [0.717, 1.165) is 15.9 Å². The van der Waals surface area contributed by atoms with Crippen LogP contribution in [0.3, 0.4) is 0 Å². The summed E-state index contributed by atoms with van der Waals surface area (Å²) in [6.45, 7) is 3.46. The van der Waals surface area contributed by atoms with Crippen LogP contribution >= 0.6 is 0 Å². The van der Waals surface area contributed by atoms with Gasteiger partial charge in [-0.25, -0.2) is 18.0 Å². The molecule has 184 valence electrons. The monoisotopic (exact) mass is 488 g/mol. The molecule has 0 unspecified atom stereocenters. The summed E-state index contributed by atoms with van der Waals surface area (Å²) in [7, 11) is 0. The van der Waals surface area contributed by atoms with Crippen molar-refractivity contribution in [3.05, 3.63) is 35.0 Å². The van der Waals surface area contributed by atoms with Crippen LogP contribution in [0, 0.1) is 5.82 Å². The Bertz CT molecular complexity index is 1130. The number of hydrogen-bond acceptors (Lipinski definition) is 6. The van der Waals surface area contributed by atoms with Crippen molar-refractivity contribution in [1.82, 2.24) is 20.0 Å². The number of nitrogens with zero attached hydrogens (tertiary/aromatic N) is 4. The standard InChI is InChI=1S/C21H21F5N4O4/c1-20(2,3)34-19(32)30-9-21(25,26)6-11(30)7-29-8-13-12(18(29)31)4-10(5-14(13)22)16-27-28-17(33-16)15(23)24/h4-5,11,15H,6-9H2,1-3H3/t11-/m1/s1. The van der Waals surface area contributed by atoms with E-state index < -0.39 is 66.6 Å². The highest BCUT2D eigenvalue weighted by molar-refractivity contribution is 5.99. The smallest absolute Gasteiger partial charge is 0.410 e. The Kier molecular flexibility index (Phi) is 5.76. The van der Waals surface area contributed by atoms with Gasteiger partial charge in [-0.3, -0.25) is 9.69 Å². The third-order valence-corrected chi connectivity index (χ3v) is 5.37. The largest absolute Gasteiger partial charge is 0.444 e. The van der Waals surface area contributed by atoms with Gasteiger partial charge in [-0.15, -0.1) is 10.2 Å². The minimum absolute atomic E-state index is 0.0101. The number of amides is 2. The zero-order valence-electron chi connectivity index (χ0n) is 18.4. The minimum atomic E-state index is -3.17. The van der Waals surface area contributed by atoms with Crippen molar-refractivity contribution in [2.45, 2.75) is 57.7 Å². The molecule has 34 heavy (non-hydrogen) atoms. The van der Waals surface area contributed by atoms with E-state index in [4.69, 9.17) is 9.15 Å². The number of carbonyl (C=O) groups excluding carboxylic acids is 2. The average Bonchev–Trinajstić information content (AvgIpc) is 3.38. The molecule has 0 aliphatic carbocycles. The normalized spacial score (nSPS) is 19.8. The summed E-state index contributed by atoms with van der Waals surface area (Å²) < 4.78 is 78.5. The Morgan fingerprint density at radius 1 is 1.29 bits per heavy atom. The van der Waals surface area contributed by atoms with Crippen LogP contribution in [0.1, 0.15) is 55.4 Å². The van der Waals surface area contributed by atoms with Crippen LogP contribution < -0.4 is 0 Å². The van der Waals surface area contributed by atoms with Crippen molar-refractivity contribution in [2.75, 3.05) is 13.1 Å². The average molecular weight is 488 g/mol. The lowest BCUT2D eigenvalue weighted by Crippen LogP contribution is -2.45. The van der Waals surface area contributed by atoms with Crippen molar-refractivity contribution >= 4 is 12.0 Å². The number of carbonyl (C=O) groups is 2. The Hall–Kier alpha value is -3.25. The predicted molar refractivity (Wildman–Crippen MR) is 106 cm³/mol. The first-order valence-corrected chi connectivity index (χ1v) is 10.3. The second kappa shape index (κ2) is 8.20. The van der Waals surface area contributed by atoms with Crippen LogP contribution in [0.5, 0.6) is 0 Å². The lowest BCUT2D eigenvalue weighted by molar-refractivity contribution is -0.00263. The Balaban J connectivity index is 1.55. The van der Waals surface area contributed by atoms with Crippen molar-refractivity contribution in [3.8, 4) is 11.5 Å². The molecule has 1 aromatic heterocycles. The van der Waals surface area contributed by atoms with Gasteiger partial charge in [0.05, 0.1) is 12.6 Å². The van der Waals surface area contributed by atoms with Gasteiger partial charge < -0.3 is 14.1 Å². The molecule has 2 aliphatic heterocycles. The molecular weight excluding hydrogens is 467 g/mol. The number of likely N-dealkylation sites (tertiary alicyclic amines) is 1. The maximum atomic E-state index is 14.8. The van der Waals surface area contributed by atoms with Crippen LogP contribution in [0.2, 0.25) is 0 Å². The molecule has 3 heterocycles. The van der Waals surface area contributed by atoms with Crippen molar-refractivity contribution in [2.24, 2.45) is 0 Å². The Morgan fingerprint density at radius 3 is 2.62 bits per heavy atom. The zero-order chi connectivity index (χ0) is 25.0. The number of rotatable bonds is 4. The first-order chi connectivity index (χ1) is 15.7. The summed E-state index contributed by atoms with van der Waals surface area (Å²) in [6.07, 6.45) is -4.63. The highest BCUT2D eigenvalue weighted by Gasteiger charge is 2.49. The van der Waals surface area contributed by atoms with Crippen LogP contribution in [0.15, 0.2) is 16.5 Å². The van der Waals surface area contributed by atoms with Gasteiger partial charge in [-0.2, -0.15) is 8.78 Å². The molecule has 0 radical (unpaired) electrons. The second-order valence-electron chi connectivity index (χ2n) is 9.24. The van der Waals surface area contributed by atoms with E-state index in [1.165, 1.54) is 6.07 Å². The second-order valence-corrected chi connectivity index (χ2v) is 9.24. The van der Waals surface area contributed by atoms with E-state index in [1.54, 1.807) is 20.8 Å². The predicted octanol–water partition coefficient (Wildman–Crippen LogP) is 4.41. The maximum absolute atomic E-state index is 14.8. The summed E-state index contributed by atoms with van der Waals surface area (Å²) in [5.41, 5.74) is -1.05. The molecule has 0 bridgehead atoms. The lowest BCUT2D eigenvalue weighted by Gasteiger charge is -2.30. The molecule has 8 nitrogen and oxygen atoms in total. The fourth-order valence-electron chi connectivity index (χ4n) is 3.98. The first kappa shape index (κ1) is 23.9. The molecule has 1 aromatic carbocycles. The number of hydrogen-bond donors (Lipinski definition) is 0. The van der Waals surface area contributed by atoms with Crippen LogP contribution in [0.4, 0.5) is 26.7 Å².